The summed E-state index contributed by atoms with van der Waals surface area (Å²) in [6, 6.07) is 0.512. The topological polar surface area (TPSA) is 29.5 Å². The summed E-state index contributed by atoms with van der Waals surface area (Å²) >= 11 is 0. The lowest BCUT2D eigenvalue weighted by molar-refractivity contribution is 0.363. The second kappa shape index (κ2) is 8.54. The molecular formula is C18H3BF12O2. The summed E-state index contributed by atoms with van der Waals surface area (Å²) in [7, 11) is -3.01. The van der Waals surface area contributed by atoms with Crippen molar-refractivity contribution in [1.82, 2.24) is 0 Å². The molecule has 33 heavy (non-hydrogen) atoms. The molecule has 3 aromatic carbocycles. The highest BCUT2D eigenvalue weighted by Gasteiger charge is 2.37. The molecule has 0 aliphatic rings. The first-order chi connectivity index (χ1) is 15.3. The molecule has 0 amide bonds. The van der Waals surface area contributed by atoms with Gasteiger partial charge in [-0.3, -0.25) is 0 Å². The quantitative estimate of drug-likeness (QED) is 0.247. The fraction of sp³-hybridized carbons (Fsp3) is 0. The number of hydrogen-bond acceptors (Lipinski definition) is 2. The molecule has 0 aliphatic carbocycles. The summed E-state index contributed by atoms with van der Waals surface area (Å²) in [6.45, 7) is 0. The first-order valence-corrected chi connectivity index (χ1v) is 8.17. The van der Waals surface area contributed by atoms with Crippen molar-refractivity contribution in [2.45, 2.75) is 0 Å². The fourth-order valence-corrected chi connectivity index (χ4v) is 2.68. The lowest BCUT2D eigenvalue weighted by atomic mass is 9.78. The van der Waals surface area contributed by atoms with Gasteiger partial charge in [-0.1, -0.05) is 6.07 Å². The van der Waals surface area contributed by atoms with Crippen molar-refractivity contribution in [3.05, 3.63) is 81.9 Å². The van der Waals surface area contributed by atoms with Crippen LogP contribution in [-0.4, -0.2) is 12.1 Å². The van der Waals surface area contributed by atoms with Crippen molar-refractivity contribution in [2.24, 2.45) is 0 Å². The van der Waals surface area contributed by atoms with E-state index in [0.29, 0.717) is 6.07 Å². The molecule has 0 spiro atoms. The Bertz CT molecular complexity index is 1270. The molecule has 15 heteroatoms. The molecule has 0 saturated carbocycles. The lowest BCUT2D eigenvalue weighted by Gasteiger charge is -2.18. The summed E-state index contributed by atoms with van der Waals surface area (Å²) in [4.78, 5) is 0. The van der Waals surface area contributed by atoms with Crippen molar-refractivity contribution in [2.75, 3.05) is 0 Å². The average molecular weight is 490 g/mol. The van der Waals surface area contributed by atoms with Crippen LogP contribution in [-0.2, 0) is 0 Å². The molecule has 0 aromatic heterocycles. The third-order valence-corrected chi connectivity index (χ3v) is 4.24. The normalized spacial score (nSPS) is 11.2. The summed E-state index contributed by atoms with van der Waals surface area (Å²) in [5.74, 6) is -33.1. The lowest BCUT2D eigenvalue weighted by Crippen LogP contribution is -2.40. The van der Waals surface area contributed by atoms with Gasteiger partial charge >= 0.3 is 7.12 Å². The molecule has 0 atom stereocenters. The van der Waals surface area contributed by atoms with E-state index in [1.165, 1.54) is 0 Å². The van der Waals surface area contributed by atoms with Gasteiger partial charge < -0.3 is 9.68 Å². The molecule has 0 fully saturated rings. The molecule has 0 aliphatic heterocycles. The highest BCUT2D eigenvalue weighted by Crippen LogP contribution is 2.42. The first kappa shape index (κ1) is 24.3. The van der Waals surface area contributed by atoms with Crippen molar-refractivity contribution in [1.29, 1.82) is 0 Å². The SMILES string of the molecule is OB(Oc1c(F)c(F)c(F)c(F)c1-c1c(F)c(F)c(F)c(F)c1F)c1ccc(F)c(F)c1F. The Hall–Kier alpha value is -3.36. The largest absolute Gasteiger partial charge is 0.563 e. The molecular weight excluding hydrogens is 487 g/mol. The van der Waals surface area contributed by atoms with E-state index in [-0.39, 0.29) is 6.07 Å². The second-order valence-corrected chi connectivity index (χ2v) is 6.14. The molecule has 0 bridgehead atoms. The van der Waals surface area contributed by atoms with E-state index in [0.717, 1.165) is 0 Å². The molecule has 3 rings (SSSR count). The van der Waals surface area contributed by atoms with Crippen molar-refractivity contribution in [3.8, 4) is 16.9 Å². The van der Waals surface area contributed by atoms with Crippen LogP contribution < -0.4 is 10.1 Å². The van der Waals surface area contributed by atoms with Gasteiger partial charge in [-0.25, -0.2) is 48.3 Å². The highest BCUT2D eigenvalue weighted by molar-refractivity contribution is 6.60. The van der Waals surface area contributed by atoms with E-state index in [1.807, 2.05) is 0 Å². The van der Waals surface area contributed by atoms with Crippen LogP contribution in [0, 0.1) is 69.8 Å². The minimum atomic E-state index is -3.01. The van der Waals surface area contributed by atoms with E-state index >= 15 is 0 Å². The maximum absolute atomic E-state index is 14.4. The number of rotatable bonds is 4. The van der Waals surface area contributed by atoms with E-state index < -0.39 is 99.3 Å². The summed E-state index contributed by atoms with van der Waals surface area (Å²) in [5, 5.41) is 9.86. The van der Waals surface area contributed by atoms with Crippen LogP contribution in [0.1, 0.15) is 0 Å². The number of halogens is 12. The molecule has 0 heterocycles. The van der Waals surface area contributed by atoms with Gasteiger partial charge in [0.05, 0.1) is 11.1 Å². The van der Waals surface area contributed by atoms with E-state index in [4.69, 9.17) is 0 Å². The van der Waals surface area contributed by atoms with Crippen LogP contribution in [0.15, 0.2) is 12.1 Å². The molecule has 0 unspecified atom stereocenters. The van der Waals surface area contributed by atoms with E-state index in [1.54, 1.807) is 0 Å². The van der Waals surface area contributed by atoms with Gasteiger partial charge in [0.25, 0.3) is 0 Å². The Morgan fingerprint density at radius 1 is 0.485 bits per heavy atom. The van der Waals surface area contributed by atoms with Gasteiger partial charge in [0.15, 0.2) is 58.1 Å². The number of hydrogen-bond donors (Lipinski definition) is 1. The van der Waals surface area contributed by atoms with Crippen LogP contribution in [0.4, 0.5) is 52.7 Å². The van der Waals surface area contributed by atoms with Crippen LogP contribution in [0.5, 0.6) is 5.75 Å². The Labute approximate surface area is 174 Å². The fourth-order valence-electron chi connectivity index (χ4n) is 2.68. The van der Waals surface area contributed by atoms with Gasteiger partial charge in [0.1, 0.15) is 0 Å². The molecule has 2 nitrogen and oxygen atoms in total. The molecule has 0 radical (unpaired) electrons. The molecule has 1 N–H and O–H groups in total. The zero-order chi connectivity index (χ0) is 24.9. The Balaban J connectivity index is 2.33. The maximum atomic E-state index is 14.4. The maximum Gasteiger partial charge on any atom is 0.563 e. The van der Waals surface area contributed by atoms with Gasteiger partial charge in [0.2, 0.25) is 17.5 Å². The van der Waals surface area contributed by atoms with E-state index in [2.05, 4.69) is 4.65 Å². The standard InChI is InChI=1S/C18H3BF12O2/c20-4-2-1-3(7(21)8(4)22)19(32)33-18-6(11(25)14(28)16(30)17(18)31)5-9(23)12(26)15(29)13(27)10(5)24/h1-2,32H. The van der Waals surface area contributed by atoms with Gasteiger partial charge in [-0.05, 0) is 6.07 Å². The predicted octanol–water partition coefficient (Wildman–Crippen LogP) is 4.79. The van der Waals surface area contributed by atoms with Crippen LogP contribution >= 0.6 is 0 Å². The smallest absolute Gasteiger partial charge is 0.530 e. The minimum absolute atomic E-state index is 0.216. The van der Waals surface area contributed by atoms with Crippen LogP contribution in [0.25, 0.3) is 11.1 Å². The Morgan fingerprint density at radius 2 is 0.909 bits per heavy atom. The van der Waals surface area contributed by atoms with Crippen molar-refractivity contribution < 1.29 is 62.4 Å². The van der Waals surface area contributed by atoms with Gasteiger partial charge in [-0.2, -0.15) is 4.39 Å². The zero-order valence-electron chi connectivity index (χ0n) is 15.1. The monoisotopic (exact) mass is 490 g/mol. The van der Waals surface area contributed by atoms with Crippen molar-refractivity contribution >= 4 is 12.6 Å². The zero-order valence-corrected chi connectivity index (χ0v) is 15.1. The molecule has 3 aromatic rings. The third-order valence-electron chi connectivity index (χ3n) is 4.24. The second-order valence-electron chi connectivity index (χ2n) is 6.14. The Morgan fingerprint density at radius 3 is 1.42 bits per heavy atom. The van der Waals surface area contributed by atoms with Crippen LogP contribution in [0.3, 0.4) is 0 Å². The van der Waals surface area contributed by atoms with Gasteiger partial charge in [-0.15, -0.1) is 0 Å². The summed E-state index contributed by atoms with van der Waals surface area (Å²) in [6.07, 6.45) is 0. The number of benzene rings is 3. The summed E-state index contributed by atoms with van der Waals surface area (Å²) < 4.78 is 169. The highest BCUT2D eigenvalue weighted by atomic mass is 19.2. The van der Waals surface area contributed by atoms with E-state index in [9.17, 15) is 57.7 Å². The predicted molar refractivity (Wildman–Crippen MR) is 86.1 cm³/mol. The Kier molecular flexibility index (Phi) is 6.28. The van der Waals surface area contributed by atoms with Crippen molar-refractivity contribution in [3.63, 3.8) is 0 Å². The third kappa shape index (κ3) is 3.75. The van der Waals surface area contributed by atoms with Crippen LogP contribution in [0.2, 0.25) is 0 Å². The summed E-state index contributed by atoms with van der Waals surface area (Å²) in [5.41, 5.74) is -5.93. The molecule has 174 valence electrons. The van der Waals surface area contributed by atoms with Gasteiger partial charge in [0, 0.05) is 5.46 Å². The first-order valence-electron chi connectivity index (χ1n) is 8.17. The average Bonchev–Trinajstić information content (AvgIpc) is 2.78. The molecule has 0 saturated heterocycles. The minimum Gasteiger partial charge on any atom is -0.530 e.